The van der Waals surface area contributed by atoms with Crippen LogP contribution in [0.2, 0.25) is 0 Å². The number of pyridine rings is 1. The second-order valence-electron chi connectivity index (χ2n) is 7.81. The van der Waals surface area contributed by atoms with Crippen molar-refractivity contribution in [3.05, 3.63) is 51.8 Å². The van der Waals surface area contributed by atoms with Crippen molar-refractivity contribution in [1.82, 2.24) is 14.5 Å². The standard InChI is InChI=1S/C22H22F3N5O4/c1-4-29-16-12(18(31)13(20(29)25)21(32)33)14(23)15(24)17(19(16)34-3)28-8-9-30(11(2)10-28)22-26-6-5-7-27-22/h5-7,11H,4,8-10H2,1-3H3,(H,32,33). The van der Waals surface area contributed by atoms with E-state index in [1.54, 1.807) is 23.4 Å². The Balaban J connectivity index is 1.91. The average Bonchev–Trinajstić information content (AvgIpc) is 2.81. The quantitative estimate of drug-likeness (QED) is 0.560. The van der Waals surface area contributed by atoms with Gasteiger partial charge in [-0.2, -0.15) is 4.39 Å². The van der Waals surface area contributed by atoms with E-state index in [2.05, 4.69) is 9.97 Å². The van der Waals surface area contributed by atoms with Crippen molar-refractivity contribution in [1.29, 1.82) is 0 Å². The summed E-state index contributed by atoms with van der Waals surface area (Å²) in [5.74, 6) is -5.91. The fraction of sp³-hybridized carbons (Fsp3) is 0.364. The maximum Gasteiger partial charge on any atom is 0.344 e. The number of piperazine rings is 1. The molecule has 1 aromatic carbocycles. The molecule has 0 spiro atoms. The molecule has 34 heavy (non-hydrogen) atoms. The number of hydrogen-bond acceptors (Lipinski definition) is 7. The summed E-state index contributed by atoms with van der Waals surface area (Å²) >= 11 is 0. The minimum absolute atomic E-state index is 0.153. The normalized spacial score (nSPS) is 16.2. The molecule has 1 N–H and O–H groups in total. The molecule has 3 aromatic rings. The highest BCUT2D eigenvalue weighted by molar-refractivity contribution is 5.97. The number of aromatic nitrogens is 3. The van der Waals surface area contributed by atoms with E-state index >= 15 is 13.2 Å². The number of benzene rings is 1. The fourth-order valence-electron chi connectivity index (χ4n) is 4.42. The summed E-state index contributed by atoms with van der Waals surface area (Å²) in [6, 6.07) is 1.48. The number of carboxylic acids is 1. The number of halogens is 3. The lowest BCUT2D eigenvalue weighted by atomic mass is 10.1. The topological polar surface area (TPSA) is 101 Å². The van der Waals surface area contributed by atoms with Gasteiger partial charge < -0.3 is 24.2 Å². The molecule has 2 aromatic heterocycles. The molecule has 0 bridgehead atoms. The molecule has 1 fully saturated rings. The van der Waals surface area contributed by atoms with E-state index < -0.39 is 39.9 Å². The highest BCUT2D eigenvalue weighted by Gasteiger charge is 2.35. The van der Waals surface area contributed by atoms with Crippen LogP contribution in [0.4, 0.5) is 24.8 Å². The van der Waals surface area contributed by atoms with Crippen LogP contribution < -0.4 is 20.0 Å². The second-order valence-corrected chi connectivity index (χ2v) is 7.81. The summed E-state index contributed by atoms with van der Waals surface area (Å²) in [5, 5.41) is 8.42. The van der Waals surface area contributed by atoms with Gasteiger partial charge in [-0.05, 0) is 19.9 Å². The van der Waals surface area contributed by atoms with Crippen LogP contribution in [0.25, 0.3) is 10.9 Å². The van der Waals surface area contributed by atoms with Gasteiger partial charge in [-0.1, -0.05) is 0 Å². The highest BCUT2D eigenvalue weighted by Crippen LogP contribution is 2.41. The van der Waals surface area contributed by atoms with Crippen LogP contribution in [0.1, 0.15) is 24.2 Å². The van der Waals surface area contributed by atoms with Gasteiger partial charge in [0.15, 0.2) is 22.9 Å². The number of nitrogens with zero attached hydrogens (tertiary/aromatic N) is 5. The van der Waals surface area contributed by atoms with Gasteiger partial charge in [0.1, 0.15) is 11.2 Å². The van der Waals surface area contributed by atoms with E-state index in [4.69, 9.17) is 4.74 Å². The number of methoxy groups -OCH3 is 1. The zero-order valence-electron chi connectivity index (χ0n) is 18.7. The number of ether oxygens (including phenoxy) is 1. The number of fused-ring (bicyclic) bond motifs is 1. The molecule has 1 aliphatic rings. The summed E-state index contributed by atoms with van der Waals surface area (Å²) in [7, 11) is 1.20. The van der Waals surface area contributed by atoms with Gasteiger partial charge in [-0.15, -0.1) is 0 Å². The van der Waals surface area contributed by atoms with E-state index in [9.17, 15) is 14.7 Å². The van der Waals surface area contributed by atoms with E-state index in [1.165, 1.54) is 14.0 Å². The number of anilines is 2. The van der Waals surface area contributed by atoms with Gasteiger partial charge in [0, 0.05) is 44.6 Å². The molecule has 0 saturated carbocycles. The van der Waals surface area contributed by atoms with Crippen molar-refractivity contribution in [3.63, 3.8) is 0 Å². The van der Waals surface area contributed by atoms with Crippen molar-refractivity contribution in [2.75, 3.05) is 36.5 Å². The SMILES string of the molecule is CCn1c(F)c(C(=O)O)c(=O)c2c(F)c(F)c(N3CCN(c4ncccn4)C(C)C3)c(OC)c21. The molecule has 1 saturated heterocycles. The number of hydrogen-bond donors (Lipinski definition) is 1. The van der Waals surface area contributed by atoms with Crippen molar-refractivity contribution in [2.24, 2.45) is 0 Å². The third kappa shape index (κ3) is 3.49. The largest absolute Gasteiger partial charge is 0.492 e. The molecule has 12 heteroatoms. The van der Waals surface area contributed by atoms with Gasteiger partial charge >= 0.3 is 5.97 Å². The van der Waals surface area contributed by atoms with E-state index in [-0.39, 0.29) is 42.6 Å². The number of carboxylic acid groups (broad SMARTS) is 1. The van der Waals surface area contributed by atoms with Crippen LogP contribution >= 0.6 is 0 Å². The minimum atomic E-state index is -1.87. The smallest absolute Gasteiger partial charge is 0.344 e. The lowest BCUT2D eigenvalue weighted by molar-refractivity contribution is 0.0688. The Morgan fingerprint density at radius 2 is 1.88 bits per heavy atom. The average molecular weight is 477 g/mol. The first-order chi connectivity index (χ1) is 16.2. The van der Waals surface area contributed by atoms with Crippen LogP contribution in [0.5, 0.6) is 5.75 Å². The lowest BCUT2D eigenvalue weighted by Gasteiger charge is -2.41. The predicted molar refractivity (Wildman–Crippen MR) is 118 cm³/mol. The first-order valence-corrected chi connectivity index (χ1v) is 10.6. The predicted octanol–water partition coefficient (Wildman–Crippen LogP) is 2.65. The lowest BCUT2D eigenvalue weighted by Crippen LogP contribution is -2.53. The van der Waals surface area contributed by atoms with E-state index in [1.807, 2.05) is 11.8 Å². The Bertz CT molecular complexity index is 1330. The number of rotatable bonds is 5. The van der Waals surface area contributed by atoms with Crippen LogP contribution in [0.3, 0.4) is 0 Å². The fourth-order valence-corrected chi connectivity index (χ4v) is 4.42. The van der Waals surface area contributed by atoms with Crippen LogP contribution in [-0.2, 0) is 6.54 Å². The summed E-state index contributed by atoms with van der Waals surface area (Å²) in [5.41, 5.74) is -3.32. The second kappa shape index (κ2) is 8.84. The summed E-state index contributed by atoms with van der Waals surface area (Å²) in [6.07, 6.45) is 3.21. The first kappa shape index (κ1) is 23.3. The van der Waals surface area contributed by atoms with E-state index in [0.717, 1.165) is 4.57 Å². The molecule has 1 aliphatic heterocycles. The van der Waals surface area contributed by atoms with Crippen molar-refractivity contribution in [3.8, 4) is 5.75 Å². The third-order valence-electron chi connectivity index (χ3n) is 5.94. The number of aryl methyl sites for hydroxylation is 1. The summed E-state index contributed by atoms with van der Waals surface area (Å²) in [4.78, 5) is 36.1. The van der Waals surface area contributed by atoms with Gasteiger partial charge in [-0.25, -0.2) is 23.5 Å². The van der Waals surface area contributed by atoms with Gasteiger partial charge in [0.2, 0.25) is 17.3 Å². The molecule has 0 amide bonds. The Hall–Kier alpha value is -3.83. The minimum Gasteiger partial charge on any atom is -0.492 e. The van der Waals surface area contributed by atoms with Crippen LogP contribution in [-0.4, -0.2) is 58.4 Å². The zero-order chi connectivity index (χ0) is 24.7. The summed E-state index contributed by atoms with van der Waals surface area (Å²) < 4.78 is 51.9. The molecular formula is C22H22F3N5O4. The molecule has 4 rings (SSSR count). The Labute approximate surface area is 192 Å². The molecule has 1 unspecified atom stereocenters. The molecular weight excluding hydrogens is 455 g/mol. The monoisotopic (exact) mass is 477 g/mol. The Morgan fingerprint density at radius 3 is 2.44 bits per heavy atom. The van der Waals surface area contributed by atoms with Crippen molar-refractivity contribution >= 4 is 28.5 Å². The molecule has 180 valence electrons. The number of aromatic carboxylic acids is 1. The number of carbonyl (C=O) groups is 1. The Kier molecular flexibility index (Phi) is 6.07. The van der Waals surface area contributed by atoms with Crippen LogP contribution in [0, 0.1) is 17.6 Å². The van der Waals surface area contributed by atoms with Gasteiger partial charge in [0.05, 0.1) is 12.5 Å². The highest BCUT2D eigenvalue weighted by atomic mass is 19.2. The molecule has 0 aliphatic carbocycles. The molecule has 1 atom stereocenters. The molecule has 0 radical (unpaired) electrons. The maximum absolute atomic E-state index is 15.4. The maximum atomic E-state index is 15.4. The first-order valence-electron chi connectivity index (χ1n) is 10.6. The van der Waals surface area contributed by atoms with E-state index in [0.29, 0.717) is 12.5 Å². The van der Waals surface area contributed by atoms with Gasteiger partial charge in [-0.3, -0.25) is 4.79 Å². The third-order valence-corrected chi connectivity index (χ3v) is 5.94. The van der Waals surface area contributed by atoms with Crippen molar-refractivity contribution < 1.29 is 27.8 Å². The van der Waals surface area contributed by atoms with Crippen molar-refractivity contribution in [2.45, 2.75) is 26.4 Å². The Morgan fingerprint density at radius 1 is 1.21 bits per heavy atom. The zero-order valence-corrected chi connectivity index (χ0v) is 18.7. The molecule has 3 heterocycles. The van der Waals surface area contributed by atoms with Crippen LogP contribution in [0.15, 0.2) is 23.3 Å². The summed E-state index contributed by atoms with van der Waals surface area (Å²) in [6.45, 7) is 4.03. The van der Waals surface area contributed by atoms with Gasteiger partial charge in [0.25, 0.3) is 0 Å². The molecule has 9 nitrogen and oxygen atoms in total.